The van der Waals surface area contributed by atoms with E-state index in [-0.39, 0.29) is 23.4 Å². The van der Waals surface area contributed by atoms with Gasteiger partial charge in [-0.1, -0.05) is 78.9 Å². The number of hydrogen-bond acceptors (Lipinski definition) is 4. The van der Waals surface area contributed by atoms with Crippen LogP contribution in [0.5, 0.6) is 0 Å². The van der Waals surface area contributed by atoms with Crippen molar-refractivity contribution in [2.75, 3.05) is 10.8 Å². The van der Waals surface area contributed by atoms with Crippen LogP contribution in [-0.4, -0.2) is 43.8 Å². The maximum Gasteiger partial charge on any atom is 0.264 e. The van der Waals surface area contributed by atoms with Gasteiger partial charge in [-0.25, -0.2) is 8.42 Å². The van der Waals surface area contributed by atoms with Gasteiger partial charge in [0, 0.05) is 22.6 Å². The van der Waals surface area contributed by atoms with Crippen LogP contribution in [0.25, 0.3) is 0 Å². The Morgan fingerprint density at radius 2 is 1.64 bits per heavy atom. The minimum atomic E-state index is -4.14. The molecule has 1 atom stereocenters. The van der Waals surface area contributed by atoms with Crippen LogP contribution in [0.3, 0.4) is 0 Å². The molecule has 0 aromatic heterocycles. The van der Waals surface area contributed by atoms with Crippen LogP contribution in [0, 0.1) is 13.8 Å². The highest BCUT2D eigenvalue weighted by atomic mass is 35.5. The fourth-order valence-corrected chi connectivity index (χ4v) is 7.17. The molecule has 1 fully saturated rings. The van der Waals surface area contributed by atoms with Crippen LogP contribution in [0.15, 0.2) is 71.6 Å². The van der Waals surface area contributed by atoms with E-state index in [1.165, 1.54) is 17.0 Å². The maximum atomic E-state index is 14.2. The van der Waals surface area contributed by atoms with Crippen molar-refractivity contribution < 1.29 is 18.0 Å². The molecule has 2 amide bonds. The van der Waals surface area contributed by atoms with Gasteiger partial charge in [-0.3, -0.25) is 13.9 Å². The second-order valence-corrected chi connectivity index (χ2v) is 13.6. The van der Waals surface area contributed by atoms with Gasteiger partial charge < -0.3 is 10.2 Å². The summed E-state index contributed by atoms with van der Waals surface area (Å²) in [5, 5.41) is 3.90. The highest BCUT2D eigenvalue weighted by molar-refractivity contribution is 7.92. The largest absolute Gasteiger partial charge is 0.352 e. The van der Waals surface area contributed by atoms with Gasteiger partial charge in [0.25, 0.3) is 10.0 Å². The zero-order valence-corrected chi connectivity index (χ0v) is 26.5. The van der Waals surface area contributed by atoms with Crippen molar-refractivity contribution in [1.29, 1.82) is 0 Å². The molecule has 1 aliphatic rings. The van der Waals surface area contributed by atoms with Crippen LogP contribution in [0.4, 0.5) is 5.69 Å². The third kappa shape index (κ3) is 7.65. The van der Waals surface area contributed by atoms with Gasteiger partial charge in [0.05, 0.1) is 10.6 Å². The Bertz CT molecular complexity index is 1530. The monoisotopic (exact) mass is 629 g/mol. The standard InChI is InChI=1S/C32H37Cl2N3O4S/c1-22-14-15-23(2)30(18-22)37(42(40,41)28-12-8-5-9-13-28)21-31(38)36(20-25-16-17-26(33)19-29(25)34)24(3)32(39)35-27-10-6-4-7-11-27/h5,8-9,12-19,24,27H,4,6-7,10-11,20-21H2,1-3H3,(H,35,39)/t24-/m1/s1. The topological polar surface area (TPSA) is 86.8 Å². The molecule has 0 unspecified atom stereocenters. The number of benzene rings is 3. The second kappa shape index (κ2) is 13.9. The lowest BCUT2D eigenvalue weighted by molar-refractivity contribution is -0.139. The first-order valence-corrected chi connectivity index (χ1v) is 16.4. The summed E-state index contributed by atoms with van der Waals surface area (Å²) in [6, 6.07) is 17.6. The molecule has 3 aromatic rings. The number of sulfonamides is 1. The van der Waals surface area contributed by atoms with E-state index in [1.54, 1.807) is 56.3 Å². The maximum absolute atomic E-state index is 14.2. The lowest BCUT2D eigenvalue weighted by Crippen LogP contribution is -2.53. The summed E-state index contributed by atoms with van der Waals surface area (Å²) < 4.78 is 29.2. The molecule has 0 spiro atoms. The Hall–Kier alpha value is -3.07. The van der Waals surface area contributed by atoms with Crippen LogP contribution < -0.4 is 9.62 Å². The number of nitrogens with one attached hydrogen (secondary N) is 1. The zero-order chi connectivity index (χ0) is 30.4. The first kappa shape index (κ1) is 31.9. The normalized spacial score (nSPS) is 14.7. The van der Waals surface area contributed by atoms with Crippen molar-refractivity contribution >= 4 is 50.7 Å². The molecule has 1 aliphatic carbocycles. The van der Waals surface area contributed by atoms with Gasteiger partial charge in [-0.15, -0.1) is 0 Å². The molecule has 10 heteroatoms. The molecule has 0 saturated heterocycles. The van der Waals surface area contributed by atoms with E-state index in [1.807, 2.05) is 19.1 Å². The van der Waals surface area contributed by atoms with Crippen molar-refractivity contribution in [1.82, 2.24) is 10.2 Å². The molecule has 4 rings (SSSR count). The van der Waals surface area contributed by atoms with Crippen LogP contribution in [-0.2, 0) is 26.2 Å². The summed E-state index contributed by atoms with van der Waals surface area (Å²) in [7, 11) is -4.14. The molecule has 1 saturated carbocycles. The van der Waals surface area contributed by atoms with Crippen LogP contribution in [0.2, 0.25) is 10.0 Å². The molecule has 1 N–H and O–H groups in total. The highest BCUT2D eigenvalue weighted by Crippen LogP contribution is 2.29. The lowest BCUT2D eigenvalue weighted by atomic mass is 9.95. The first-order chi connectivity index (χ1) is 20.0. The minimum absolute atomic E-state index is 0.000112. The van der Waals surface area contributed by atoms with E-state index >= 15 is 0 Å². The van der Waals surface area contributed by atoms with E-state index in [9.17, 15) is 18.0 Å². The van der Waals surface area contributed by atoms with E-state index in [4.69, 9.17) is 23.2 Å². The van der Waals surface area contributed by atoms with Crippen molar-refractivity contribution in [2.24, 2.45) is 0 Å². The SMILES string of the molecule is Cc1ccc(C)c(N(CC(=O)N(Cc2ccc(Cl)cc2Cl)[C@H](C)C(=O)NC2CCCCC2)S(=O)(=O)c2ccccc2)c1. The van der Waals surface area contributed by atoms with Crippen molar-refractivity contribution in [3.63, 3.8) is 0 Å². The fraction of sp³-hybridized carbons (Fsp3) is 0.375. The third-order valence-electron chi connectivity index (χ3n) is 7.72. The Morgan fingerprint density at radius 1 is 0.952 bits per heavy atom. The van der Waals surface area contributed by atoms with Gasteiger partial charge in [-0.05, 0) is 80.6 Å². The number of rotatable bonds is 10. The number of nitrogens with zero attached hydrogens (tertiary/aromatic N) is 2. The minimum Gasteiger partial charge on any atom is -0.352 e. The van der Waals surface area contributed by atoms with E-state index in [2.05, 4.69) is 5.32 Å². The number of carbonyl (C=O) groups excluding carboxylic acids is 2. The third-order valence-corrected chi connectivity index (χ3v) is 10.1. The fourth-order valence-electron chi connectivity index (χ4n) is 5.21. The summed E-state index contributed by atoms with van der Waals surface area (Å²) in [5.41, 5.74) is 2.54. The lowest BCUT2D eigenvalue weighted by Gasteiger charge is -2.33. The Labute approximate surface area is 258 Å². The Kier molecular flexibility index (Phi) is 10.6. The van der Waals surface area contributed by atoms with Gasteiger partial charge in [-0.2, -0.15) is 0 Å². The average Bonchev–Trinajstić information content (AvgIpc) is 2.97. The van der Waals surface area contributed by atoms with Gasteiger partial charge in [0.1, 0.15) is 12.6 Å². The highest BCUT2D eigenvalue weighted by Gasteiger charge is 2.34. The summed E-state index contributed by atoms with van der Waals surface area (Å²) in [6.45, 7) is 4.82. The number of halogens is 2. The molecule has 7 nitrogen and oxygen atoms in total. The quantitative estimate of drug-likeness (QED) is 0.271. The summed E-state index contributed by atoms with van der Waals surface area (Å²) in [5.74, 6) is -0.822. The number of aryl methyl sites for hydroxylation is 2. The molecular formula is C32H37Cl2N3O4S. The molecular weight excluding hydrogens is 593 g/mol. The molecule has 0 radical (unpaired) electrons. The predicted octanol–water partition coefficient (Wildman–Crippen LogP) is 6.67. The smallest absolute Gasteiger partial charge is 0.264 e. The predicted molar refractivity (Wildman–Crippen MR) is 168 cm³/mol. The van der Waals surface area contributed by atoms with Gasteiger partial charge in [0.2, 0.25) is 11.8 Å². The number of carbonyl (C=O) groups is 2. The van der Waals surface area contributed by atoms with Crippen LogP contribution >= 0.6 is 23.2 Å². The van der Waals surface area contributed by atoms with E-state index in [0.29, 0.717) is 26.9 Å². The summed E-state index contributed by atoms with van der Waals surface area (Å²) >= 11 is 12.6. The molecule has 0 heterocycles. The van der Waals surface area contributed by atoms with Crippen LogP contribution in [0.1, 0.15) is 55.7 Å². The summed E-state index contributed by atoms with van der Waals surface area (Å²) in [6.07, 6.45) is 5.02. The van der Waals surface area contributed by atoms with E-state index in [0.717, 1.165) is 42.0 Å². The van der Waals surface area contributed by atoms with Crippen molar-refractivity contribution in [2.45, 2.75) is 76.4 Å². The van der Waals surface area contributed by atoms with Crippen molar-refractivity contribution in [3.8, 4) is 0 Å². The molecule has 42 heavy (non-hydrogen) atoms. The summed E-state index contributed by atoms with van der Waals surface area (Å²) in [4.78, 5) is 29.1. The Morgan fingerprint density at radius 3 is 2.31 bits per heavy atom. The van der Waals surface area contributed by atoms with E-state index < -0.39 is 28.5 Å². The first-order valence-electron chi connectivity index (χ1n) is 14.2. The molecule has 0 bridgehead atoms. The Balaban J connectivity index is 1.72. The molecule has 3 aromatic carbocycles. The number of anilines is 1. The number of amides is 2. The zero-order valence-electron chi connectivity index (χ0n) is 24.1. The molecule has 224 valence electrons. The average molecular weight is 631 g/mol. The van der Waals surface area contributed by atoms with Crippen molar-refractivity contribution in [3.05, 3.63) is 93.5 Å². The van der Waals surface area contributed by atoms with Gasteiger partial charge in [0.15, 0.2) is 0 Å². The molecule has 0 aliphatic heterocycles. The van der Waals surface area contributed by atoms with Gasteiger partial charge >= 0.3 is 0 Å². The number of hydrogen-bond donors (Lipinski definition) is 1. The second-order valence-electron chi connectivity index (χ2n) is 10.9.